The zero-order valence-electron chi connectivity index (χ0n) is 11.0. The highest BCUT2D eigenvalue weighted by atomic mass is 16.1. The third kappa shape index (κ3) is 2.66. The first-order valence-corrected chi connectivity index (χ1v) is 7.17. The van der Waals surface area contributed by atoms with Crippen LogP contribution in [0.1, 0.15) is 50.5 Å². The molecule has 0 radical (unpaired) electrons. The van der Waals surface area contributed by atoms with Crippen molar-refractivity contribution in [2.24, 2.45) is 5.92 Å². The molecular formula is C15H22N2O. The Hall–Kier alpha value is -1.09. The predicted molar refractivity (Wildman–Crippen MR) is 72.8 cm³/mol. The second-order valence-electron chi connectivity index (χ2n) is 5.99. The van der Waals surface area contributed by atoms with E-state index in [1.807, 2.05) is 12.3 Å². The van der Waals surface area contributed by atoms with Crippen LogP contribution >= 0.6 is 0 Å². The van der Waals surface area contributed by atoms with Gasteiger partial charge in [-0.25, -0.2) is 0 Å². The van der Waals surface area contributed by atoms with Crippen LogP contribution in [0.3, 0.4) is 0 Å². The SMILES string of the molecule is CC(NC1CCC(c2ccc(=O)[nH]c2)C1)C1CC1. The first-order valence-electron chi connectivity index (χ1n) is 7.17. The monoisotopic (exact) mass is 246 g/mol. The number of hydrogen-bond donors (Lipinski definition) is 2. The van der Waals surface area contributed by atoms with Crippen LogP contribution in [-0.4, -0.2) is 17.1 Å². The second-order valence-corrected chi connectivity index (χ2v) is 5.99. The van der Waals surface area contributed by atoms with Crippen molar-refractivity contribution in [3.05, 3.63) is 34.2 Å². The van der Waals surface area contributed by atoms with Crippen LogP contribution in [0.4, 0.5) is 0 Å². The van der Waals surface area contributed by atoms with Crippen LogP contribution in [0.5, 0.6) is 0 Å². The van der Waals surface area contributed by atoms with Gasteiger partial charge in [-0.2, -0.15) is 0 Å². The number of nitrogens with one attached hydrogen (secondary N) is 2. The molecule has 0 amide bonds. The van der Waals surface area contributed by atoms with Crippen LogP contribution in [0.2, 0.25) is 0 Å². The summed E-state index contributed by atoms with van der Waals surface area (Å²) in [6.45, 7) is 2.32. The lowest BCUT2D eigenvalue weighted by Gasteiger charge is -2.19. The van der Waals surface area contributed by atoms with E-state index < -0.39 is 0 Å². The Labute approximate surface area is 108 Å². The van der Waals surface area contributed by atoms with Gasteiger partial charge in [-0.15, -0.1) is 0 Å². The Morgan fingerprint density at radius 1 is 1.28 bits per heavy atom. The number of aromatic nitrogens is 1. The highest BCUT2D eigenvalue weighted by molar-refractivity contribution is 5.17. The quantitative estimate of drug-likeness (QED) is 0.857. The van der Waals surface area contributed by atoms with Crippen molar-refractivity contribution in [2.45, 2.75) is 57.0 Å². The molecule has 2 aliphatic carbocycles. The largest absolute Gasteiger partial charge is 0.329 e. The van der Waals surface area contributed by atoms with E-state index in [1.165, 1.54) is 37.7 Å². The van der Waals surface area contributed by atoms with Crippen molar-refractivity contribution in [2.75, 3.05) is 0 Å². The summed E-state index contributed by atoms with van der Waals surface area (Å²) in [6.07, 6.45) is 8.42. The van der Waals surface area contributed by atoms with Gasteiger partial charge in [-0.1, -0.05) is 6.07 Å². The lowest BCUT2D eigenvalue weighted by atomic mass is 9.99. The molecule has 0 spiro atoms. The zero-order valence-corrected chi connectivity index (χ0v) is 11.0. The Bertz CT molecular complexity index is 443. The van der Waals surface area contributed by atoms with Crippen LogP contribution in [0, 0.1) is 5.92 Å². The molecule has 2 N–H and O–H groups in total. The Morgan fingerprint density at radius 3 is 2.78 bits per heavy atom. The third-order valence-corrected chi connectivity index (χ3v) is 4.54. The molecule has 0 bridgehead atoms. The molecule has 3 unspecified atom stereocenters. The third-order valence-electron chi connectivity index (χ3n) is 4.54. The molecule has 2 saturated carbocycles. The Morgan fingerprint density at radius 2 is 2.11 bits per heavy atom. The predicted octanol–water partition coefficient (Wildman–Crippen LogP) is 2.40. The summed E-state index contributed by atoms with van der Waals surface area (Å²) in [5.41, 5.74) is 1.28. The minimum Gasteiger partial charge on any atom is -0.329 e. The number of pyridine rings is 1. The lowest BCUT2D eigenvalue weighted by molar-refractivity contribution is 0.416. The molecule has 0 aliphatic heterocycles. The van der Waals surface area contributed by atoms with Gasteiger partial charge in [0.1, 0.15) is 0 Å². The molecule has 3 heteroatoms. The first-order chi connectivity index (χ1) is 8.72. The maximum Gasteiger partial charge on any atom is 0.247 e. The van der Waals surface area contributed by atoms with E-state index in [9.17, 15) is 4.79 Å². The molecule has 1 aromatic heterocycles. The van der Waals surface area contributed by atoms with Gasteiger partial charge in [0, 0.05) is 24.3 Å². The van der Waals surface area contributed by atoms with Gasteiger partial charge in [-0.3, -0.25) is 4.79 Å². The van der Waals surface area contributed by atoms with E-state index in [4.69, 9.17) is 0 Å². The van der Waals surface area contributed by atoms with Gasteiger partial charge >= 0.3 is 0 Å². The molecule has 3 rings (SSSR count). The van der Waals surface area contributed by atoms with Gasteiger partial charge < -0.3 is 10.3 Å². The number of hydrogen-bond acceptors (Lipinski definition) is 2. The Kier molecular flexibility index (Phi) is 3.25. The minimum atomic E-state index is -0.00576. The molecule has 0 aromatic carbocycles. The van der Waals surface area contributed by atoms with Crippen molar-refractivity contribution >= 4 is 0 Å². The highest BCUT2D eigenvalue weighted by Gasteiger charge is 2.32. The van der Waals surface area contributed by atoms with E-state index in [-0.39, 0.29) is 5.56 Å². The molecule has 3 atom stereocenters. The summed E-state index contributed by atoms with van der Waals surface area (Å²) in [5.74, 6) is 1.54. The van der Waals surface area contributed by atoms with E-state index >= 15 is 0 Å². The van der Waals surface area contributed by atoms with Crippen LogP contribution in [-0.2, 0) is 0 Å². The van der Waals surface area contributed by atoms with Gasteiger partial charge in [0.05, 0.1) is 0 Å². The van der Waals surface area contributed by atoms with Crippen molar-refractivity contribution < 1.29 is 0 Å². The van der Waals surface area contributed by atoms with Crippen molar-refractivity contribution in [1.82, 2.24) is 10.3 Å². The lowest BCUT2D eigenvalue weighted by Crippen LogP contribution is -2.36. The smallest absolute Gasteiger partial charge is 0.247 e. The molecule has 1 aromatic rings. The molecule has 18 heavy (non-hydrogen) atoms. The van der Waals surface area contributed by atoms with E-state index in [0.29, 0.717) is 18.0 Å². The molecule has 2 fully saturated rings. The summed E-state index contributed by atoms with van der Waals surface area (Å²) in [6, 6.07) is 4.97. The van der Waals surface area contributed by atoms with Crippen molar-refractivity contribution in [3.63, 3.8) is 0 Å². The fraction of sp³-hybridized carbons (Fsp3) is 0.667. The number of rotatable bonds is 4. The number of aromatic amines is 1. The van der Waals surface area contributed by atoms with Crippen LogP contribution in [0.25, 0.3) is 0 Å². The summed E-state index contributed by atoms with van der Waals surface area (Å²) in [4.78, 5) is 13.8. The highest BCUT2D eigenvalue weighted by Crippen LogP contribution is 2.37. The van der Waals surface area contributed by atoms with E-state index in [1.54, 1.807) is 6.07 Å². The second kappa shape index (κ2) is 4.88. The average Bonchev–Trinajstić information content (AvgIpc) is 3.12. The summed E-state index contributed by atoms with van der Waals surface area (Å²) in [5, 5.41) is 3.78. The maximum atomic E-state index is 11.1. The summed E-state index contributed by atoms with van der Waals surface area (Å²) < 4.78 is 0. The summed E-state index contributed by atoms with van der Waals surface area (Å²) in [7, 11) is 0. The normalized spacial score (nSPS) is 29.4. The molecular weight excluding hydrogens is 224 g/mol. The molecule has 2 aliphatic rings. The fourth-order valence-corrected chi connectivity index (χ4v) is 3.22. The van der Waals surface area contributed by atoms with E-state index in [0.717, 1.165) is 5.92 Å². The van der Waals surface area contributed by atoms with Crippen molar-refractivity contribution in [3.8, 4) is 0 Å². The summed E-state index contributed by atoms with van der Waals surface area (Å²) >= 11 is 0. The molecule has 98 valence electrons. The molecule has 0 saturated heterocycles. The first kappa shape index (κ1) is 12.0. The van der Waals surface area contributed by atoms with Crippen LogP contribution < -0.4 is 10.9 Å². The van der Waals surface area contributed by atoms with Gasteiger partial charge in [0.2, 0.25) is 5.56 Å². The molecule has 1 heterocycles. The topological polar surface area (TPSA) is 44.9 Å². The fourth-order valence-electron chi connectivity index (χ4n) is 3.22. The minimum absolute atomic E-state index is 0.00576. The molecule has 3 nitrogen and oxygen atoms in total. The number of H-pyrrole nitrogens is 1. The zero-order chi connectivity index (χ0) is 12.5. The van der Waals surface area contributed by atoms with E-state index in [2.05, 4.69) is 17.2 Å². The standard InChI is InChI=1S/C15H22N2O/c1-10(11-2-3-11)17-14-6-4-12(8-14)13-5-7-15(18)16-9-13/h5,7,9-12,14,17H,2-4,6,8H2,1H3,(H,16,18). The van der Waals surface area contributed by atoms with Crippen molar-refractivity contribution in [1.29, 1.82) is 0 Å². The van der Waals surface area contributed by atoms with Gasteiger partial charge in [0.25, 0.3) is 0 Å². The maximum absolute atomic E-state index is 11.1. The van der Waals surface area contributed by atoms with Crippen LogP contribution in [0.15, 0.2) is 23.1 Å². The average molecular weight is 246 g/mol. The Balaban J connectivity index is 1.57. The van der Waals surface area contributed by atoms with Gasteiger partial charge in [0.15, 0.2) is 0 Å². The van der Waals surface area contributed by atoms with Gasteiger partial charge in [-0.05, 0) is 56.4 Å².